The molecule has 0 heterocycles. The second-order valence-corrected chi connectivity index (χ2v) is 16.9. The van der Waals surface area contributed by atoms with Crippen LogP contribution in [0.25, 0.3) is 0 Å². The van der Waals surface area contributed by atoms with Crippen molar-refractivity contribution in [2.75, 3.05) is 41.0 Å². The highest BCUT2D eigenvalue weighted by molar-refractivity contribution is 5.70. The summed E-state index contributed by atoms with van der Waals surface area (Å²) in [6, 6.07) is -0.753. The van der Waals surface area contributed by atoms with Crippen LogP contribution in [-0.2, 0) is 28.6 Å². The van der Waals surface area contributed by atoms with Gasteiger partial charge in [0.2, 0.25) is 0 Å². The summed E-state index contributed by atoms with van der Waals surface area (Å²) in [5.74, 6) is -1.88. The Morgan fingerprint density at radius 3 is 1.20 bits per heavy atom. The van der Waals surface area contributed by atoms with Crippen LogP contribution in [0.2, 0.25) is 0 Å². The lowest BCUT2D eigenvalue weighted by Crippen LogP contribution is -2.55. The summed E-state index contributed by atoms with van der Waals surface area (Å²) >= 11 is 0. The van der Waals surface area contributed by atoms with Crippen molar-refractivity contribution in [3.63, 3.8) is 0 Å². The zero-order chi connectivity index (χ0) is 48.4. The smallest absolute Gasteiger partial charge is 0.306 e. The van der Waals surface area contributed by atoms with Crippen LogP contribution in [0.4, 0.5) is 0 Å². The first kappa shape index (κ1) is 61.2. The molecule has 0 aromatic rings. The van der Waals surface area contributed by atoms with Crippen LogP contribution in [-0.4, -0.2) is 75.5 Å². The van der Waals surface area contributed by atoms with Gasteiger partial charge >= 0.3 is 11.9 Å². The fourth-order valence-corrected chi connectivity index (χ4v) is 6.20. The number of ether oxygens (including phenoxy) is 3. The molecule has 8 nitrogen and oxygen atoms in total. The van der Waals surface area contributed by atoms with Gasteiger partial charge in [0.1, 0.15) is 12.6 Å². The molecular formula is C58H89NO7. The number of carbonyl (C=O) groups excluding carboxylic acids is 3. The van der Waals surface area contributed by atoms with E-state index in [4.69, 9.17) is 14.2 Å². The van der Waals surface area contributed by atoms with Gasteiger partial charge in [0.05, 0.1) is 40.3 Å². The van der Waals surface area contributed by atoms with Crippen LogP contribution in [0, 0.1) is 0 Å². The first-order chi connectivity index (χ1) is 32.1. The van der Waals surface area contributed by atoms with Gasteiger partial charge in [-0.05, 0) is 109 Å². The fraction of sp³-hybridized carbons (Fsp3) is 0.534. The third-order valence-electron chi connectivity index (χ3n) is 9.97. The predicted octanol–water partition coefficient (Wildman–Crippen LogP) is 13.2. The Bertz CT molecular complexity index is 1580. The minimum atomic E-state index is -1.15. The number of allylic oxidation sites excluding steroid dienone is 24. The molecule has 0 fully saturated rings. The Morgan fingerprint density at radius 1 is 0.455 bits per heavy atom. The Kier molecular flexibility index (Phi) is 43.3. The van der Waals surface area contributed by atoms with E-state index in [1.165, 1.54) is 0 Å². The molecule has 368 valence electrons. The Morgan fingerprint density at radius 2 is 0.818 bits per heavy atom. The van der Waals surface area contributed by atoms with Gasteiger partial charge < -0.3 is 28.6 Å². The second-order valence-electron chi connectivity index (χ2n) is 16.9. The number of carbonyl (C=O) groups is 3. The van der Waals surface area contributed by atoms with Gasteiger partial charge in [-0.3, -0.25) is 9.59 Å². The van der Waals surface area contributed by atoms with Crippen LogP contribution in [0.1, 0.15) is 149 Å². The zero-order valence-corrected chi connectivity index (χ0v) is 41.8. The molecule has 0 N–H and O–H groups in total. The van der Waals surface area contributed by atoms with Gasteiger partial charge in [-0.1, -0.05) is 166 Å². The molecule has 66 heavy (non-hydrogen) atoms. The maximum absolute atomic E-state index is 12.8. The van der Waals surface area contributed by atoms with Crippen LogP contribution < -0.4 is 5.11 Å². The van der Waals surface area contributed by atoms with Crippen molar-refractivity contribution in [2.24, 2.45) is 0 Å². The minimum absolute atomic E-state index is 0.00492. The van der Waals surface area contributed by atoms with Gasteiger partial charge in [-0.25, -0.2) is 0 Å². The number of hydrogen-bond donors (Lipinski definition) is 0. The zero-order valence-electron chi connectivity index (χ0n) is 41.8. The summed E-state index contributed by atoms with van der Waals surface area (Å²) in [7, 11) is 5.36. The molecule has 2 atom stereocenters. The van der Waals surface area contributed by atoms with E-state index in [0.717, 1.165) is 103 Å². The van der Waals surface area contributed by atoms with Crippen molar-refractivity contribution >= 4 is 17.9 Å². The van der Waals surface area contributed by atoms with Crippen LogP contribution >= 0.6 is 0 Å². The number of rotatable bonds is 42. The molecule has 0 saturated heterocycles. The average Bonchev–Trinajstić information content (AvgIpc) is 3.28. The normalized spacial score (nSPS) is 14.1. The third-order valence-corrected chi connectivity index (χ3v) is 9.97. The second kappa shape index (κ2) is 46.7. The van der Waals surface area contributed by atoms with Crippen molar-refractivity contribution in [1.29, 1.82) is 0 Å². The van der Waals surface area contributed by atoms with E-state index in [9.17, 15) is 19.5 Å². The quantitative estimate of drug-likeness (QED) is 0.0260. The number of quaternary nitrogens is 1. The fourth-order valence-electron chi connectivity index (χ4n) is 6.20. The number of likely N-dealkylation sites (N-methyl/N-ethyl adjacent to an activating group) is 1. The lowest BCUT2D eigenvalue weighted by Gasteiger charge is -2.34. The molecule has 0 rings (SSSR count). The first-order valence-corrected chi connectivity index (χ1v) is 24.9. The largest absolute Gasteiger partial charge is 0.544 e. The van der Waals surface area contributed by atoms with Gasteiger partial charge in [0.15, 0.2) is 6.10 Å². The highest BCUT2D eigenvalue weighted by Crippen LogP contribution is 2.11. The Labute approximate surface area is 402 Å². The average molecular weight is 912 g/mol. The van der Waals surface area contributed by atoms with E-state index in [-0.39, 0.29) is 55.5 Å². The van der Waals surface area contributed by atoms with Gasteiger partial charge in [0.25, 0.3) is 0 Å². The lowest BCUT2D eigenvalue weighted by atomic mass is 10.1. The summed E-state index contributed by atoms with van der Waals surface area (Å²) in [4.78, 5) is 37.0. The molecule has 0 spiro atoms. The minimum Gasteiger partial charge on any atom is -0.544 e. The molecule has 0 bridgehead atoms. The van der Waals surface area contributed by atoms with Crippen LogP contribution in [0.5, 0.6) is 0 Å². The van der Waals surface area contributed by atoms with E-state index in [0.29, 0.717) is 12.8 Å². The number of esters is 2. The number of carboxylic acid groups (broad SMARTS) is 1. The summed E-state index contributed by atoms with van der Waals surface area (Å²) in [5.41, 5.74) is 0. The highest BCUT2D eigenvalue weighted by atomic mass is 16.6. The molecule has 0 radical (unpaired) electrons. The van der Waals surface area contributed by atoms with Crippen molar-refractivity contribution in [1.82, 2.24) is 0 Å². The molecule has 0 aliphatic heterocycles. The first-order valence-electron chi connectivity index (χ1n) is 24.9. The lowest BCUT2D eigenvalue weighted by molar-refractivity contribution is -0.889. The predicted molar refractivity (Wildman–Crippen MR) is 276 cm³/mol. The molecule has 0 aromatic carbocycles. The summed E-state index contributed by atoms with van der Waals surface area (Å²) in [6.07, 6.45) is 68.9. The topological polar surface area (TPSA) is 102 Å². The van der Waals surface area contributed by atoms with E-state index in [1.54, 1.807) is 21.1 Å². The van der Waals surface area contributed by atoms with Gasteiger partial charge in [-0.2, -0.15) is 0 Å². The van der Waals surface area contributed by atoms with E-state index in [1.807, 2.05) is 0 Å². The number of nitrogens with zero attached hydrogens (tertiary/aromatic N) is 1. The Hall–Kier alpha value is -4.79. The molecule has 0 saturated carbocycles. The molecule has 8 heteroatoms. The number of carboxylic acids is 1. The van der Waals surface area contributed by atoms with Crippen molar-refractivity contribution < 1.29 is 38.2 Å². The Balaban J connectivity index is 4.49. The molecule has 0 amide bonds. The number of hydrogen-bond acceptors (Lipinski definition) is 7. The van der Waals surface area contributed by atoms with Crippen molar-refractivity contribution in [2.45, 2.75) is 161 Å². The molecular weight excluding hydrogens is 823 g/mol. The summed E-state index contributed by atoms with van der Waals surface area (Å²) in [6.45, 7) is 4.31. The maximum Gasteiger partial charge on any atom is 0.306 e. The van der Waals surface area contributed by atoms with E-state index >= 15 is 0 Å². The molecule has 0 aromatic heterocycles. The SMILES string of the molecule is CC/C=C/C/C=C/C/C=C/C/C=C/C/C=C/C/C=C/C/C=C/CCCC(=O)OC(COCCC(C(=O)[O-])[N+](C)(C)C)COC(=O)CCCCC/C=C/C/C=C/C/C=C/C/C=C/C/C=C/CC. The van der Waals surface area contributed by atoms with Crippen molar-refractivity contribution in [3.05, 3.63) is 146 Å². The summed E-state index contributed by atoms with van der Waals surface area (Å²) in [5, 5.41) is 11.7. The standard InChI is InChI=1S/C58H89NO7/c1-6-8-10-12-14-16-18-20-22-24-26-27-28-29-31-33-35-37-39-41-43-45-47-49-57(61)66-54(52-64-51-50-55(58(62)63)59(3,4)5)53-65-56(60)48-46-44-42-40-38-36-34-32-30-25-23-21-19-17-15-13-11-9-7-2/h8-11,14-17,20-23,26-27,29-32,35-38,41,43,54-55H,6-7,12-13,18-19,24-25,28,33-34,39-40,42,44-53H2,1-5H3/b10-8+,11-9+,16-14+,17-15+,22-20+,23-21+,27-26+,31-29+,32-30+,37-35+,38-36+,43-41+. The highest BCUT2D eigenvalue weighted by Gasteiger charge is 2.25. The number of unbranched alkanes of at least 4 members (excludes halogenated alkanes) is 4. The van der Waals surface area contributed by atoms with Gasteiger partial charge in [0, 0.05) is 19.3 Å². The molecule has 0 aliphatic rings. The monoisotopic (exact) mass is 912 g/mol. The third kappa shape index (κ3) is 44.4. The van der Waals surface area contributed by atoms with Crippen LogP contribution in [0.15, 0.2) is 146 Å². The van der Waals surface area contributed by atoms with Crippen LogP contribution in [0.3, 0.4) is 0 Å². The van der Waals surface area contributed by atoms with Gasteiger partial charge in [-0.15, -0.1) is 0 Å². The van der Waals surface area contributed by atoms with Crippen molar-refractivity contribution in [3.8, 4) is 0 Å². The molecule has 0 aliphatic carbocycles. The maximum atomic E-state index is 12.8. The summed E-state index contributed by atoms with van der Waals surface area (Å²) < 4.78 is 17.1. The number of aliphatic carboxylic acids is 1. The van der Waals surface area contributed by atoms with E-state index < -0.39 is 18.1 Å². The molecule has 2 unspecified atom stereocenters. The van der Waals surface area contributed by atoms with E-state index in [2.05, 4.69) is 160 Å².